The lowest BCUT2D eigenvalue weighted by Gasteiger charge is -2.14. The number of rotatable bonds is 5. The normalized spacial score (nSPS) is 17.6. The predicted octanol–water partition coefficient (Wildman–Crippen LogP) is 2.74. The van der Waals surface area contributed by atoms with Crippen molar-refractivity contribution in [3.05, 3.63) is 35.1 Å². The van der Waals surface area contributed by atoms with E-state index >= 15 is 0 Å². The molecule has 1 unspecified atom stereocenters. The summed E-state index contributed by atoms with van der Waals surface area (Å²) in [4.78, 5) is 11.8. The van der Waals surface area contributed by atoms with Crippen molar-refractivity contribution < 1.29 is 13.9 Å². The van der Waals surface area contributed by atoms with E-state index in [1.165, 1.54) is 6.07 Å². The van der Waals surface area contributed by atoms with Gasteiger partial charge in [-0.3, -0.25) is 4.79 Å². The van der Waals surface area contributed by atoms with E-state index in [1.807, 2.05) is 19.9 Å². The van der Waals surface area contributed by atoms with Gasteiger partial charge in [0.25, 0.3) is 0 Å². The summed E-state index contributed by atoms with van der Waals surface area (Å²) >= 11 is 0. The van der Waals surface area contributed by atoms with Gasteiger partial charge < -0.3 is 10.1 Å². The Labute approximate surface area is 113 Å². The Morgan fingerprint density at radius 3 is 3.05 bits per heavy atom. The maximum Gasteiger partial charge on any atom is 0.222 e. The van der Waals surface area contributed by atoms with E-state index in [9.17, 15) is 9.18 Å². The van der Waals surface area contributed by atoms with Crippen molar-refractivity contribution in [3.8, 4) is 0 Å². The summed E-state index contributed by atoms with van der Waals surface area (Å²) < 4.78 is 18.9. The number of halogens is 1. The molecule has 0 fully saturated rings. The van der Waals surface area contributed by atoms with Gasteiger partial charge in [-0.2, -0.15) is 0 Å². The Bertz CT molecular complexity index is 459. The number of carbonyl (C=O) groups is 1. The molecule has 1 N–H and O–H groups in total. The van der Waals surface area contributed by atoms with E-state index in [4.69, 9.17) is 4.74 Å². The van der Waals surface area contributed by atoms with Crippen molar-refractivity contribution in [1.82, 2.24) is 5.32 Å². The van der Waals surface area contributed by atoms with Crippen LogP contribution in [0, 0.1) is 5.82 Å². The van der Waals surface area contributed by atoms with Crippen LogP contribution in [-0.4, -0.2) is 18.6 Å². The van der Waals surface area contributed by atoms with Gasteiger partial charge in [0.2, 0.25) is 5.91 Å². The molecular formula is C15H20FNO2. The Hall–Kier alpha value is -1.42. The maximum absolute atomic E-state index is 13.6. The topological polar surface area (TPSA) is 38.3 Å². The molecule has 0 radical (unpaired) electrons. The standard InChI is InChI=1S/C15H20FNO2/c1-10(2)19-9-8-15(18)17-14-7-6-11-12(14)4-3-5-13(11)16/h3-5,10,14H,6-9H2,1-2H3,(H,17,18). The fourth-order valence-electron chi connectivity index (χ4n) is 2.41. The summed E-state index contributed by atoms with van der Waals surface area (Å²) in [6.07, 6.45) is 1.94. The molecule has 1 amide bonds. The second-order valence-corrected chi connectivity index (χ2v) is 5.14. The van der Waals surface area contributed by atoms with Crippen LogP contribution in [0.5, 0.6) is 0 Å². The Kier molecular flexibility index (Phi) is 4.53. The number of hydrogen-bond acceptors (Lipinski definition) is 2. The SMILES string of the molecule is CC(C)OCCC(=O)NC1CCc2c(F)cccc21. The third-order valence-corrected chi connectivity index (χ3v) is 3.33. The molecule has 2 rings (SSSR count). The summed E-state index contributed by atoms with van der Waals surface area (Å²) in [6.45, 7) is 4.30. The zero-order valence-electron chi connectivity index (χ0n) is 11.4. The lowest BCUT2D eigenvalue weighted by Crippen LogP contribution is -2.28. The molecule has 3 nitrogen and oxygen atoms in total. The van der Waals surface area contributed by atoms with E-state index in [0.717, 1.165) is 17.5 Å². The quantitative estimate of drug-likeness (QED) is 0.889. The molecule has 0 aromatic heterocycles. The average molecular weight is 265 g/mol. The zero-order chi connectivity index (χ0) is 13.8. The maximum atomic E-state index is 13.6. The van der Waals surface area contributed by atoms with Gasteiger partial charge in [0, 0.05) is 6.42 Å². The van der Waals surface area contributed by atoms with Crippen LogP contribution in [0.15, 0.2) is 18.2 Å². The molecule has 0 aliphatic heterocycles. The molecule has 1 atom stereocenters. The lowest BCUT2D eigenvalue weighted by molar-refractivity contribution is -0.123. The number of benzene rings is 1. The Morgan fingerprint density at radius 1 is 1.53 bits per heavy atom. The van der Waals surface area contributed by atoms with E-state index in [1.54, 1.807) is 6.07 Å². The van der Waals surface area contributed by atoms with E-state index in [0.29, 0.717) is 19.4 Å². The predicted molar refractivity (Wildman–Crippen MR) is 71.3 cm³/mol. The van der Waals surface area contributed by atoms with Crippen LogP contribution in [0.2, 0.25) is 0 Å². The molecule has 0 saturated carbocycles. The zero-order valence-corrected chi connectivity index (χ0v) is 11.4. The van der Waals surface area contributed by atoms with Crippen molar-refractivity contribution >= 4 is 5.91 Å². The Balaban J connectivity index is 1.89. The third kappa shape index (κ3) is 3.53. The third-order valence-electron chi connectivity index (χ3n) is 3.33. The Morgan fingerprint density at radius 2 is 2.32 bits per heavy atom. The van der Waals surface area contributed by atoms with Crippen LogP contribution in [0.4, 0.5) is 4.39 Å². The minimum absolute atomic E-state index is 0.0391. The fourth-order valence-corrected chi connectivity index (χ4v) is 2.41. The summed E-state index contributed by atoms with van der Waals surface area (Å²) in [6, 6.07) is 5.00. The lowest BCUT2D eigenvalue weighted by atomic mass is 10.1. The van der Waals surface area contributed by atoms with Crippen LogP contribution in [0.25, 0.3) is 0 Å². The second-order valence-electron chi connectivity index (χ2n) is 5.14. The highest BCUT2D eigenvalue weighted by Gasteiger charge is 2.25. The molecule has 0 spiro atoms. The monoisotopic (exact) mass is 265 g/mol. The van der Waals surface area contributed by atoms with Crippen molar-refractivity contribution in [2.75, 3.05) is 6.61 Å². The minimum Gasteiger partial charge on any atom is -0.378 e. The first-order valence-electron chi connectivity index (χ1n) is 6.76. The van der Waals surface area contributed by atoms with Gasteiger partial charge in [0.1, 0.15) is 5.82 Å². The van der Waals surface area contributed by atoms with E-state index in [2.05, 4.69) is 5.32 Å². The number of fused-ring (bicyclic) bond motifs is 1. The molecule has 4 heteroatoms. The molecule has 0 bridgehead atoms. The van der Waals surface area contributed by atoms with Gasteiger partial charge >= 0.3 is 0 Å². The highest BCUT2D eigenvalue weighted by atomic mass is 19.1. The molecule has 19 heavy (non-hydrogen) atoms. The van der Waals surface area contributed by atoms with Crippen molar-refractivity contribution in [2.24, 2.45) is 0 Å². The summed E-state index contributed by atoms with van der Waals surface area (Å²) in [5.41, 5.74) is 1.66. The first-order valence-corrected chi connectivity index (χ1v) is 6.76. The molecule has 0 heterocycles. The molecular weight excluding hydrogens is 245 g/mol. The molecule has 1 aromatic rings. The smallest absolute Gasteiger partial charge is 0.222 e. The molecule has 1 aliphatic carbocycles. The first-order chi connectivity index (χ1) is 9.08. The van der Waals surface area contributed by atoms with Crippen LogP contribution >= 0.6 is 0 Å². The van der Waals surface area contributed by atoms with Gasteiger partial charge in [-0.15, -0.1) is 0 Å². The van der Waals surface area contributed by atoms with Crippen LogP contribution in [0.1, 0.15) is 43.9 Å². The highest BCUT2D eigenvalue weighted by Crippen LogP contribution is 2.32. The fraction of sp³-hybridized carbons (Fsp3) is 0.533. The van der Waals surface area contributed by atoms with Gasteiger partial charge in [-0.1, -0.05) is 12.1 Å². The van der Waals surface area contributed by atoms with Gasteiger partial charge in [-0.05, 0) is 43.9 Å². The van der Waals surface area contributed by atoms with Gasteiger partial charge in [-0.25, -0.2) is 4.39 Å². The first kappa shape index (κ1) is 14.0. The average Bonchev–Trinajstić information content (AvgIpc) is 2.73. The van der Waals surface area contributed by atoms with Crippen molar-refractivity contribution in [2.45, 2.75) is 45.3 Å². The van der Waals surface area contributed by atoms with Crippen molar-refractivity contribution in [1.29, 1.82) is 0 Å². The van der Waals surface area contributed by atoms with Gasteiger partial charge in [0.15, 0.2) is 0 Å². The second kappa shape index (κ2) is 6.15. The molecule has 0 saturated heterocycles. The van der Waals surface area contributed by atoms with Crippen molar-refractivity contribution in [3.63, 3.8) is 0 Å². The highest BCUT2D eigenvalue weighted by molar-refractivity contribution is 5.76. The minimum atomic E-state index is -0.169. The van der Waals surface area contributed by atoms with Crippen LogP contribution < -0.4 is 5.32 Å². The largest absolute Gasteiger partial charge is 0.378 e. The summed E-state index contributed by atoms with van der Waals surface area (Å²) in [7, 11) is 0. The molecule has 104 valence electrons. The number of hydrogen-bond donors (Lipinski definition) is 1. The number of amides is 1. The molecule has 1 aromatic carbocycles. The number of ether oxygens (including phenoxy) is 1. The van der Waals surface area contributed by atoms with Crippen LogP contribution in [-0.2, 0) is 16.0 Å². The molecule has 1 aliphatic rings. The van der Waals surface area contributed by atoms with E-state index in [-0.39, 0.29) is 23.9 Å². The van der Waals surface area contributed by atoms with E-state index < -0.39 is 0 Å². The van der Waals surface area contributed by atoms with Crippen LogP contribution in [0.3, 0.4) is 0 Å². The summed E-state index contributed by atoms with van der Waals surface area (Å²) in [5, 5.41) is 2.95. The number of nitrogens with one attached hydrogen (secondary N) is 1. The summed E-state index contributed by atoms with van der Waals surface area (Å²) in [5.74, 6) is -0.208. The van der Waals surface area contributed by atoms with Gasteiger partial charge in [0.05, 0.1) is 18.8 Å². The number of carbonyl (C=O) groups excluding carboxylic acids is 1.